The first-order valence-electron chi connectivity index (χ1n) is 5.70. The van der Waals surface area contributed by atoms with Gasteiger partial charge in [-0.25, -0.2) is 4.98 Å². The van der Waals surface area contributed by atoms with Gasteiger partial charge in [-0.3, -0.25) is 9.89 Å². The molecule has 2 rings (SSSR count). The lowest BCUT2D eigenvalue weighted by atomic mass is 10.2. The van der Waals surface area contributed by atoms with E-state index in [9.17, 15) is 4.79 Å². The van der Waals surface area contributed by atoms with Gasteiger partial charge in [-0.2, -0.15) is 5.10 Å². The van der Waals surface area contributed by atoms with Crippen LogP contribution in [0.4, 0.5) is 0 Å². The number of pyridine rings is 1. The third kappa shape index (κ3) is 3.66. The monoisotopic (exact) mass is 255 g/mol. The van der Waals surface area contributed by atoms with Gasteiger partial charge in [-0.1, -0.05) is 11.8 Å². The predicted octanol–water partition coefficient (Wildman–Crippen LogP) is 0.0449. The maximum absolute atomic E-state index is 11.8. The van der Waals surface area contributed by atoms with Gasteiger partial charge in [0.25, 0.3) is 5.91 Å². The number of nitrogens with one attached hydrogen (secondary N) is 2. The second kappa shape index (κ2) is 6.33. The maximum atomic E-state index is 11.8. The minimum absolute atomic E-state index is 0.237. The number of hydrogen-bond donors (Lipinski definition) is 3. The van der Waals surface area contributed by atoms with E-state index in [1.54, 1.807) is 30.7 Å². The van der Waals surface area contributed by atoms with Crippen molar-refractivity contribution < 1.29 is 4.79 Å². The predicted molar refractivity (Wildman–Crippen MR) is 69.9 cm³/mol. The number of rotatable bonds is 3. The lowest BCUT2D eigenvalue weighted by molar-refractivity contribution is 0.0946. The number of nitrogens with two attached hydrogens (primary N) is 1. The number of aromatic amines is 1. The lowest BCUT2D eigenvalue weighted by Crippen LogP contribution is -2.23. The Hall–Kier alpha value is -2.65. The van der Waals surface area contributed by atoms with Gasteiger partial charge in [-0.05, 0) is 12.1 Å². The Morgan fingerprint density at radius 1 is 1.42 bits per heavy atom. The first kappa shape index (κ1) is 12.8. The van der Waals surface area contributed by atoms with Gasteiger partial charge in [0.15, 0.2) is 0 Å². The van der Waals surface area contributed by atoms with Crippen molar-refractivity contribution in [3.05, 3.63) is 47.5 Å². The molecule has 0 fully saturated rings. The minimum Gasteiger partial charge on any atom is -0.347 e. The summed E-state index contributed by atoms with van der Waals surface area (Å²) in [5.41, 5.74) is 7.26. The van der Waals surface area contributed by atoms with Gasteiger partial charge in [0.05, 0.1) is 12.7 Å². The molecule has 0 unspecified atom stereocenters. The molecule has 4 N–H and O–H groups in total. The average Bonchev–Trinajstić information content (AvgIpc) is 2.96. The molecule has 2 aromatic heterocycles. The molecule has 2 aromatic rings. The van der Waals surface area contributed by atoms with E-state index in [4.69, 9.17) is 5.73 Å². The Kier molecular flexibility index (Phi) is 4.26. The summed E-state index contributed by atoms with van der Waals surface area (Å²) in [6.45, 7) is 0.707. The molecule has 6 nitrogen and oxygen atoms in total. The molecule has 0 saturated carbocycles. The fourth-order valence-corrected chi connectivity index (χ4v) is 1.40. The second-order valence-electron chi connectivity index (χ2n) is 3.73. The van der Waals surface area contributed by atoms with Crippen LogP contribution in [-0.4, -0.2) is 27.6 Å². The number of hydrogen-bond acceptors (Lipinski definition) is 4. The van der Waals surface area contributed by atoms with Crippen LogP contribution in [0.25, 0.3) is 0 Å². The van der Waals surface area contributed by atoms with Crippen LogP contribution < -0.4 is 11.1 Å². The van der Waals surface area contributed by atoms with E-state index in [1.165, 1.54) is 0 Å². The zero-order valence-corrected chi connectivity index (χ0v) is 10.2. The van der Waals surface area contributed by atoms with E-state index in [0.717, 1.165) is 11.1 Å². The highest BCUT2D eigenvalue weighted by Crippen LogP contribution is 2.00. The smallest absolute Gasteiger partial charge is 0.270 e. The quantitative estimate of drug-likeness (QED) is 0.675. The van der Waals surface area contributed by atoms with Crippen LogP contribution in [0.2, 0.25) is 0 Å². The van der Waals surface area contributed by atoms with Crippen LogP contribution in [-0.2, 0) is 6.54 Å². The van der Waals surface area contributed by atoms with Gasteiger partial charge in [-0.15, -0.1) is 0 Å². The van der Waals surface area contributed by atoms with Gasteiger partial charge in [0.2, 0.25) is 0 Å². The number of carbonyl (C=O) groups excluding carboxylic acids is 1. The van der Waals surface area contributed by atoms with E-state index < -0.39 is 0 Å². The fourth-order valence-electron chi connectivity index (χ4n) is 1.40. The normalized spacial score (nSPS) is 9.53. The topological polar surface area (TPSA) is 96.7 Å². The number of aromatic nitrogens is 3. The van der Waals surface area contributed by atoms with Crippen LogP contribution in [0, 0.1) is 11.8 Å². The summed E-state index contributed by atoms with van der Waals surface area (Å²) in [6.07, 6.45) is 4.92. The van der Waals surface area contributed by atoms with Gasteiger partial charge >= 0.3 is 0 Å². The van der Waals surface area contributed by atoms with Crippen molar-refractivity contribution in [2.24, 2.45) is 5.73 Å². The molecule has 96 valence electrons. The second-order valence-corrected chi connectivity index (χ2v) is 3.73. The Morgan fingerprint density at radius 3 is 2.95 bits per heavy atom. The molecule has 2 heterocycles. The number of H-pyrrole nitrogens is 1. The Morgan fingerprint density at radius 2 is 2.32 bits per heavy atom. The molecule has 0 aliphatic heterocycles. The average molecular weight is 255 g/mol. The third-order valence-electron chi connectivity index (χ3n) is 2.34. The van der Waals surface area contributed by atoms with Crippen molar-refractivity contribution in [1.29, 1.82) is 0 Å². The Bertz CT molecular complexity index is 592. The number of carbonyl (C=O) groups is 1. The van der Waals surface area contributed by atoms with E-state index in [-0.39, 0.29) is 5.91 Å². The molecular weight excluding hydrogens is 242 g/mol. The Balaban J connectivity index is 1.95. The van der Waals surface area contributed by atoms with Crippen LogP contribution >= 0.6 is 0 Å². The minimum atomic E-state index is -0.237. The van der Waals surface area contributed by atoms with Crippen molar-refractivity contribution in [1.82, 2.24) is 20.5 Å². The molecule has 0 aliphatic carbocycles. The van der Waals surface area contributed by atoms with E-state index in [1.807, 2.05) is 0 Å². The SMILES string of the molecule is NCC#Cc1ccc(C(=O)NCc2cn[nH]c2)nc1. The molecule has 0 aromatic carbocycles. The van der Waals surface area contributed by atoms with Crippen molar-refractivity contribution >= 4 is 5.91 Å². The molecule has 19 heavy (non-hydrogen) atoms. The summed E-state index contributed by atoms with van der Waals surface area (Å²) in [4.78, 5) is 15.9. The molecule has 0 radical (unpaired) electrons. The summed E-state index contributed by atoms with van der Waals surface area (Å²) in [5, 5.41) is 9.22. The van der Waals surface area contributed by atoms with Gasteiger partial charge in [0.1, 0.15) is 5.69 Å². The summed E-state index contributed by atoms with van der Waals surface area (Å²) in [6, 6.07) is 3.37. The largest absolute Gasteiger partial charge is 0.347 e. The van der Waals surface area contributed by atoms with Crippen molar-refractivity contribution in [2.45, 2.75) is 6.54 Å². The molecule has 0 saturated heterocycles. The highest BCUT2D eigenvalue weighted by atomic mass is 16.1. The third-order valence-corrected chi connectivity index (χ3v) is 2.34. The molecule has 0 aliphatic rings. The number of nitrogens with zero attached hydrogens (tertiary/aromatic N) is 2. The lowest BCUT2D eigenvalue weighted by Gasteiger charge is -2.02. The molecular formula is C13H13N5O. The van der Waals surface area contributed by atoms with Crippen LogP contribution in [0.15, 0.2) is 30.7 Å². The maximum Gasteiger partial charge on any atom is 0.270 e. The summed E-state index contributed by atoms with van der Waals surface area (Å²) < 4.78 is 0. The zero-order chi connectivity index (χ0) is 13.5. The first-order valence-corrected chi connectivity index (χ1v) is 5.70. The van der Waals surface area contributed by atoms with E-state index >= 15 is 0 Å². The molecule has 0 spiro atoms. The summed E-state index contributed by atoms with van der Waals surface area (Å²) in [7, 11) is 0. The highest BCUT2D eigenvalue weighted by molar-refractivity contribution is 5.92. The van der Waals surface area contributed by atoms with E-state index in [2.05, 4.69) is 32.3 Å². The fraction of sp³-hybridized carbons (Fsp3) is 0.154. The molecule has 0 bridgehead atoms. The zero-order valence-electron chi connectivity index (χ0n) is 10.2. The van der Waals surface area contributed by atoms with Crippen molar-refractivity contribution in [3.63, 3.8) is 0 Å². The van der Waals surface area contributed by atoms with Crippen LogP contribution in [0.1, 0.15) is 21.6 Å². The summed E-state index contributed by atoms with van der Waals surface area (Å²) in [5.74, 6) is 5.33. The van der Waals surface area contributed by atoms with E-state index in [0.29, 0.717) is 18.8 Å². The summed E-state index contributed by atoms with van der Waals surface area (Å²) >= 11 is 0. The Labute approximate surface area is 110 Å². The highest BCUT2D eigenvalue weighted by Gasteiger charge is 2.06. The molecule has 1 amide bonds. The van der Waals surface area contributed by atoms with Crippen LogP contribution in [0.3, 0.4) is 0 Å². The van der Waals surface area contributed by atoms with Crippen molar-refractivity contribution in [3.8, 4) is 11.8 Å². The van der Waals surface area contributed by atoms with Crippen molar-refractivity contribution in [2.75, 3.05) is 6.54 Å². The molecule has 6 heteroatoms. The standard InChI is InChI=1S/C13H13N5O/c14-5-1-2-10-3-4-12(15-6-10)13(19)16-7-11-8-17-18-9-11/h3-4,6,8-9H,5,7,14H2,(H,16,19)(H,17,18). The molecule has 0 atom stereocenters. The van der Waals surface area contributed by atoms with Gasteiger partial charge < -0.3 is 11.1 Å². The van der Waals surface area contributed by atoms with Crippen LogP contribution in [0.5, 0.6) is 0 Å². The number of amides is 1. The van der Waals surface area contributed by atoms with Gasteiger partial charge in [0, 0.05) is 30.1 Å². The first-order chi connectivity index (χ1) is 9.29.